The summed E-state index contributed by atoms with van der Waals surface area (Å²) < 4.78 is 5.77. The number of rotatable bonds is 10. The summed E-state index contributed by atoms with van der Waals surface area (Å²) in [7, 11) is 0. The van der Waals surface area contributed by atoms with Crippen LogP contribution in [0, 0.1) is 13.8 Å². The third-order valence-corrected chi connectivity index (χ3v) is 5.75. The fraction of sp³-hybridized carbons (Fsp3) is 0.417. The number of aryl methyl sites for hydroxylation is 2. The zero-order chi connectivity index (χ0) is 23.0. The molecule has 0 aliphatic heterocycles. The minimum absolute atomic E-state index is 0.169. The Bertz CT molecular complexity index is 918. The average molecular weight is 465 g/mol. The topological polar surface area (TPSA) is 58.6 Å². The largest absolute Gasteiger partial charge is 0.483 e. The van der Waals surface area contributed by atoms with E-state index >= 15 is 0 Å². The molecule has 0 aromatic heterocycles. The van der Waals surface area contributed by atoms with Crippen LogP contribution in [0.5, 0.6) is 5.75 Å². The van der Waals surface area contributed by atoms with Gasteiger partial charge in [-0.2, -0.15) is 0 Å². The number of hydrogen-bond donors (Lipinski definition) is 1. The maximum absolute atomic E-state index is 13.1. The van der Waals surface area contributed by atoms with Crippen LogP contribution in [-0.4, -0.2) is 35.9 Å². The molecule has 2 rings (SSSR count). The summed E-state index contributed by atoms with van der Waals surface area (Å²) in [5.41, 5.74) is 2.85. The summed E-state index contributed by atoms with van der Waals surface area (Å²) in [6, 6.07) is 10.3. The number of carbonyl (C=O) groups excluding carboxylic acids is 2. The van der Waals surface area contributed by atoms with Gasteiger partial charge in [-0.15, -0.1) is 0 Å². The van der Waals surface area contributed by atoms with Gasteiger partial charge < -0.3 is 15.0 Å². The molecule has 7 heteroatoms. The third kappa shape index (κ3) is 7.44. The Balaban J connectivity index is 2.17. The van der Waals surface area contributed by atoms with Crippen LogP contribution in [0.1, 0.15) is 43.4 Å². The summed E-state index contributed by atoms with van der Waals surface area (Å²) in [5.74, 6) is 0.158. The Labute approximate surface area is 194 Å². The highest BCUT2D eigenvalue weighted by Crippen LogP contribution is 2.24. The molecule has 0 bridgehead atoms. The predicted octanol–water partition coefficient (Wildman–Crippen LogP) is 5.32. The number of amides is 2. The highest BCUT2D eigenvalue weighted by atomic mass is 35.5. The Morgan fingerprint density at radius 1 is 1.10 bits per heavy atom. The van der Waals surface area contributed by atoms with Crippen molar-refractivity contribution >= 4 is 35.0 Å². The van der Waals surface area contributed by atoms with E-state index in [1.54, 1.807) is 25.1 Å². The average Bonchev–Trinajstić information content (AvgIpc) is 2.73. The van der Waals surface area contributed by atoms with Crippen LogP contribution < -0.4 is 10.1 Å². The van der Waals surface area contributed by atoms with E-state index in [4.69, 9.17) is 27.9 Å². The number of benzene rings is 2. The molecule has 5 nitrogen and oxygen atoms in total. The minimum atomic E-state index is -0.665. The molecule has 0 saturated carbocycles. The second-order valence-electron chi connectivity index (χ2n) is 7.65. The molecule has 0 heterocycles. The van der Waals surface area contributed by atoms with E-state index < -0.39 is 6.04 Å². The van der Waals surface area contributed by atoms with Gasteiger partial charge in [0.1, 0.15) is 11.8 Å². The van der Waals surface area contributed by atoms with Crippen molar-refractivity contribution in [3.8, 4) is 5.75 Å². The quantitative estimate of drug-likeness (QED) is 0.483. The van der Waals surface area contributed by atoms with E-state index in [2.05, 4.69) is 12.2 Å². The number of halogens is 2. The number of nitrogens with one attached hydrogen (secondary N) is 1. The van der Waals surface area contributed by atoms with Crippen LogP contribution in [0.15, 0.2) is 36.4 Å². The fourth-order valence-corrected chi connectivity index (χ4v) is 3.46. The maximum atomic E-state index is 13.1. The zero-order valence-corrected chi connectivity index (χ0v) is 20.0. The standard InChI is InChI=1S/C24H30Cl2N2O3/c1-5-6-11-27-24(30)18(4)28(14-19-8-9-20(25)21(26)13-19)23(29)15-31-22-10-7-16(2)12-17(22)3/h7-10,12-13,18H,5-6,11,14-15H2,1-4H3,(H,27,30)/t18-/m0/s1. The van der Waals surface area contributed by atoms with Crippen molar-refractivity contribution in [2.24, 2.45) is 0 Å². The first-order chi connectivity index (χ1) is 14.7. The van der Waals surface area contributed by atoms with Crippen molar-refractivity contribution < 1.29 is 14.3 Å². The first kappa shape index (κ1) is 25.0. The van der Waals surface area contributed by atoms with Gasteiger partial charge in [0, 0.05) is 13.1 Å². The lowest BCUT2D eigenvalue weighted by atomic mass is 10.1. The molecule has 0 radical (unpaired) electrons. The molecule has 0 aliphatic carbocycles. The summed E-state index contributed by atoms with van der Waals surface area (Å²) >= 11 is 12.1. The van der Waals surface area contributed by atoms with Crippen molar-refractivity contribution in [2.75, 3.05) is 13.2 Å². The molecule has 0 saturated heterocycles. The van der Waals surface area contributed by atoms with Gasteiger partial charge in [0.25, 0.3) is 5.91 Å². The van der Waals surface area contributed by atoms with Crippen LogP contribution in [-0.2, 0) is 16.1 Å². The van der Waals surface area contributed by atoms with Crippen LogP contribution in [0.4, 0.5) is 0 Å². The van der Waals surface area contributed by atoms with E-state index in [1.165, 1.54) is 4.90 Å². The van der Waals surface area contributed by atoms with Crippen LogP contribution in [0.3, 0.4) is 0 Å². The van der Waals surface area contributed by atoms with Gasteiger partial charge in [0.05, 0.1) is 10.0 Å². The molecule has 1 atom stereocenters. The van der Waals surface area contributed by atoms with E-state index in [1.807, 2.05) is 32.0 Å². The Morgan fingerprint density at radius 2 is 1.84 bits per heavy atom. The predicted molar refractivity (Wildman–Crippen MR) is 126 cm³/mol. The summed E-state index contributed by atoms with van der Waals surface area (Å²) in [5, 5.41) is 3.73. The van der Waals surface area contributed by atoms with Crippen molar-refractivity contribution in [1.29, 1.82) is 0 Å². The van der Waals surface area contributed by atoms with Gasteiger partial charge in [-0.25, -0.2) is 0 Å². The Kier molecular flexibility index (Phi) is 9.66. The molecule has 2 amide bonds. The number of nitrogens with zero attached hydrogens (tertiary/aromatic N) is 1. The van der Waals surface area contributed by atoms with E-state index in [0.717, 1.165) is 29.5 Å². The van der Waals surface area contributed by atoms with Crippen LogP contribution >= 0.6 is 23.2 Å². The first-order valence-electron chi connectivity index (χ1n) is 10.4. The second kappa shape index (κ2) is 12.0. The third-order valence-electron chi connectivity index (χ3n) is 5.02. The van der Waals surface area contributed by atoms with Crippen molar-refractivity contribution in [1.82, 2.24) is 10.2 Å². The van der Waals surface area contributed by atoms with E-state index in [9.17, 15) is 9.59 Å². The normalized spacial score (nSPS) is 11.7. The molecule has 1 N–H and O–H groups in total. The van der Waals surface area contributed by atoms with Crippen LogP contribution in [0.2, 0.25) is 10.0 Å². The molecule has 0 aliphatic rings. The van der Waals surface area contributed by atoms with E-state index in [-0.39, 0.29) is 25.0 Å². The molecule has 168 valence electrons. The van der Waals surface area contributed by atoms with Crippen LogP contribution in [0.25, 0.3) is 0 Å². The number of unbranched alkanes of at least 4 members (excludes halogenated alkanes) is 1. The van der Waals surface area contributed by atoms with Gasteiger partial charge in [0.15, 0.2) is 6.61 Å². The van der Waals surface area contributed by atoms with E-state index in [0.29, 0.717) is 22.3 Å². The molecule has 0 unspecified atom stereocenters. The second-order valence-corrected chi connectivity index (χ2v) is 8.46. The minimum Gasteiger partial charge on any atom is -0.483 e. The van der Waals surface area contributed by atoms with Gasteiger partial charge >= 0.3 is 0 Å². The van der Waals surface area contributed by atoms with Gasteiger partial charge in [-0.1, -0.05) is 60.3 Å². The molecule has 31 heavy (non-hydrogen) atoms. The lowest BCUT2D eigenvalue weighted by molar-refractivity contribution is -0.142. The zero-order valence-electron chi connectivity index (χ0n) is 18.5. The van der Waals surface area contributed by atoms with Crippen molar-refractivity contribution in [3.05, 3.63) is 63.1 Å². The Hall–Kier alpha value is -2.24. The van der Waals surface area contributed by atoms with Gasteiger partial charge in [0.2, 0.25) is 5.91 Å². The summed E-state index contributed by atoms with van der Waals surface area (Å²) in [6.45, 7) is 8.33. The van der Waals surface area contributed by atoms with Crippen molar-refractivity contribution in [2.45, 2.75) is 53.1 Å². The number of hydrogen-bond acceptors (Lipinski definition) is 3. The molecule has 2 aromatic carbocycles. The van der Waals surface area contributed by atoms with Crippen molar-refractivity contribution in [3.63, 3.8) is 0 Å². The molecule has 2 aromatic rings. The lowest BCUT2D eigenvalue weighted by Crippen LogP contribution is -2.49. The molecule has 0 fully saturated rings. The molecular formula is C24H30Cl2N2O3. The van der Waals surface area contributed by atoms with Gasteiger partial charge in [-0.05, 0) is 56.5 Å². The SMILES string of the molecule is CCCCNC(=O)[C@H](C)N(Cc1ccc(Cl)c(Cl)c1)C(=O)COc1ccc(C)cc1C. The highest BCUT2D eigenvalue weighted by Gasteiger charge is 2.26. The Morgan fingerprint density at radius 3 is 2.48 bits per heavy atom. The van der Waals surface area contributed by atoms with Gasteiger partial charge in [-0.3, -0.25) is 9.59 Å². The molecular weight excluding hydrogens is 435 g/mol. The lowest BCUT2D eigenvalue weighted by Gasteiger charge is -2.29. The summed E-state index contributed by atoms with van der Waals surface area (Å²) in [6.07, 6.45) is 1.86. The first-order valence-corrected chi connectivity index (χ1v) is 11.2. The fourth-order valence-electron chi connectivity index (χ4n) is 3.14. The number of carbonyl (C=O) groups is 2. The molecule has 0 spiro atoms. The maximum Gasteiger partial charge on any atom is 0.261 e. The summed E-state index contributed by atoms with van der Waals surface area (Å²) in [4.78, 5) is 27.2. The monoisotopic (exact) mass is 464 g/mol. The smallest absolute Gasteiger partial charge is 0.261 e. The highest BCUT2D eigenvalue weighted by molar-refractivity contribution is 6.42. The number of ether oxygens (including phenoxy) is 1.